The number of aromatic nitrogens is 2. The SMILES string of the molecule is Cc1cc(O)cc(C)c1-c1ccc2[nH]c(=O)[nH]c(=O)c2c1. The topological polar surface area (TPSA) is 85.9 Å². The van der Waals surface area contributed by atoms with E-state index in [9.17, 15) is 14.7 Å². The molecule has 0 radical (unpaired) electrons. The third-order valence-corrected chi connectivity index (χ3v) is 3.55. The Kier molecular flexibility index (Phi) is 2.90. The average Bonchev–Trinajstić information content (AvgIpc) is 2.38. The van der Waals surface area contributed by atoms with Crippen molar-refractivity contribution in [2.24, 2.45) is 0 Å². The van der Waals surface area contributed by atoms with E-state index in [1.54, 1.807) is 24.3 Å². The molecule has 0 amide bonds. The van der Waals surface area contributed by atoms with Crippen LogP contribution in [-0.2, 0) is 0 Å². The van der Waals surface area contributed by atoms with Crippen LogP contribution in [0.5, 0.6) is 5.75 Å². The summed E-state index contributed by atoms with van der Waals surface area (Å²) in [6.45, 7) is 3.81. The van der Waals surface area contributed by atoms with Crippen molar-refractivity contribution in [2.75, 3.05) is 0 Å². The Morgan fingerprint density at radius 2 is 1.62 bits per heavy atom. The van der Waals surface area contributed by atoms with Crippen molar-refractivity contribution in [3.8, 4) is 16.9 Å². The first kappa shape index (κ1) is 13.2. The van der Waals surface area contributed by atoms with E-state index in [-0.39, 0.29) is 5.75 Å². The lowest BCUT2D eigenvalue weighted by molar-refractivity contribution is 0.474. The number of aromatic amines is 2. The van der Waals surface area contributed by atoms with Crippen molar-refractivity contribution >= 4 is 10.9 Å². The second-order valence-electron chi connectivity index (χ2n) is 5.12. The second kappa shape index (κ2) is 4.63. The first-order chi connectivity index (χ1) is 9.95. The number of nitrogens with one attached hydrogen (secondary N) is 2. The van der Waals surface area contributed by atoms with Crippen molar-refractivity contribution < 1.29 is 5.11 Å². The Morgan fingerprint density at radius 1 is 0.952 bits per heavy atom. The highest BCUT2D eigenvalue weighted by Crippen LogP contribution is 2.31. The van der Waals surface area contributed by atoms with E-state index in [0.29, 0.717) is 10.9 Å². The van der Waals surface area contributed by atoms with Gasteiger partial charge in [-0.3, -0.25) is 9.78 Å². The molecule has 0 saturated carbocycles. The minimum absolute atomic E-state index is 0.219. The summed E-state index contributed by atoms with van der Waals surface area (Å²) in [6, 6.07) is 8.68. The van der Waals surface area contributed by atoms with Gasteiger partial charge in [0.05, 0.1) is 10.9 Å². The largest absolute Gasteiger partial charge is 0.508 e. The van der Waals surface area contributed by atoms with Crippen LogP contribution < -0.4 is 11.2 Å². The number of hydrogen-bond donors (Lipinski definition) is 3. The quantitative estimate of drug-likeness (QED) is 0.639. The monoisotopic (exact) mass is 282 g/mol. The molecule has 1 heterocycles. The fraction of sp³-hybridized carbons (Fsp3) is 0.125. The zero-order chi connectivity index (χ0) is 15.1. The highest BCUT2D eigenvalue weighted by atomic mass is 16.3. The third kappa shape index (κ3) is 2.23. The second-order valence-corrected chi connectivity index (χ2v) is 5.12. The first-order valence-electron chi connectivity index (χ1n) is 6.52. The molecule has 0 spiro atoms. The van der Waals surface area contributed by atoms with Gasteiger partial charge in [-0.15, -0.1) is 0 Å². The van der Waals surface area contributed by atoms with E-state index >= 15 is 0 Å². The number of phenols is 1. The maximum absolute atomic E-state index is 11.9. The van der Waals surface area contributed by atoms with Crippen LogP contribution in [0, 0.1) is 13.8 Å². The van der Waals surface area contributed by atoms with Gasteiger partial charge in [0, 0.05) is 0 Å². The molecule has 0 aliphatic heterocycles. The van der Waals surface area contributed by atoms with Crippen LogP contribution in [0.25, 0.3) is 22.0 Å². The Hall–Kier alpha value is -2.82. The molecule has 0 fully saturated rings. The summed E-state index contributed by atoms with van der Waals surface area (Å²) in [5.74, 6) is 0.219. The molecular weight excluding hydrogens is 268 g/mol. The normalized spacial score (nSPS) is 11.0. The highest BCUT2D eigenvalue weighted by molar-refractivity contribution is 5.85. The van der Waals surface area contributed by atoms with E-state index in [4.69, 9.17) is 0 Å². The standard InChI is InChI=1S/C16H14N2O3/c1-8-5-11(19)6-9(2)14(8)10-3-4-13-12(7-10)15(20)18-16(21)17-13/h3-7,19H,1-2H3,(H2,17,18,20,21). The number of H-pyrrole nitrogens is 2. The summed E-state index contributed by atoms with van der Waals surface area (Å²) in [4.78, 5) is 28.0. The van der Waals surface area contributed by atoms with Gasteiger partial charge in [-0.2, -0.15) is 0 Å². The van der Waals surface area contributed by atoms with Crippen LogP contribution in [0.15, 0.2) is 39.9 Å². The zero-order valence-corrected chi connectivity index (χ0v) is 11.7. The van der Waals surface area contributed by atoms with Gasteiger partial charge in [0.1, 0.15) is 5.75 Å². The Labute approximate surface area is 119 Å². The summed E-state index contributed by atoms with van der Waals surface area (Å²) in [5.41, 5.74) is 3.26. The molecule has 21 heavy (non-hydrogen) atoms. The third-order valence-electron chi connectivity index (χ3n) is 3.55. The fourth-order valence-electron chi connectivity index (χ4n) is 2.72. The van der Waals surface area contributed by atoms with Crippen LogP contribution in [0.3, 0.4) is 0 Å². The van der Waals surface area contributed by atoms with E-state index in [0.717, 1.165) is 22.3 Å². The Bertz CT molecular complexity index is 944. The van der Waals surface area contributed by atoms with Crippen molar-refractivity contribution in [3.05, 3.63) is 62.3 Å². The molecule has 2 aromatic carbocycles. The summed E-state index contributed by atoms with van der Waals surface area (Å²) in [5, 5.41) is 10.0. The van der Waals surface area contributed by atoms with Crippen LogP contribution in [-0.4, -0.2) is 15.1 Å². The lowest BCUT2D eigenvalue weighted by Gasteiger charge is -2.11. The van der Waals surface area contributed by atoms with Crippen molar-refractivity contribution in [3.63, 3.8) is 0 Å². The molecule has 5 nitrogen and oxygen atoms in total. The summed E-state index contributed by atoms with van der Waals surface area (Å²) < 4.78 is 0. The van der Waals surface area contributed by atoms with E-state index < -0.39 is 11.2 Å². The maximum Gasteiger partial charge on any atom is 0.326 e. The van der Waals surface area contributed by atoms with Gasteiger partial charge in [-0.1, -0.05) is 6.07 Å². The number of fused-ring (bicyclic) bond motifs is 1. The predicted octanol–water partition coefficient (Wildman–Crippen LogP) is 2.21. The molecule has 3 aromatic rings. The van der Waals surface area contributed by atoms with Crippen molar-refractivity contribution in [1.82, 2.24) is 9.97 Å². The molecule has 106 valence electrons. The molecule has 0 unspecified atom stereocenters. The Morgan fingerprint density at radius 3 is 2.29 bits per heavy atom. The van der Waals surface area contributed by atoms with E-state index in [2.05, 4.69) is 9.97 Å². The highest BCUT2D eigenvalue weighted by Gasteiger charge is 2.09. The van der Waals surface area contributed by atoms with Crippen molar-refractivity contribution in [2.45, 2.75) is 13.8 Å². The lowest BCUT2D eigenvalue weighted by atomic mass is 9.94. The van der Waals surface area contributed by atoms with E-state index in [1.807, 2.05) is 19.9 Å². The average molecular weight is 282 g/mol. The molecule has 3 N–H and O–H groups in total. The van der Waals surface area contributed by atoms with Crippen LogP contribution in [0.2, 0.25) is 0 Å². The molecular formula is C16H14N2O3. The minimum Gasteiger partial charge on any atom is -0.508 e. The van der Waals surface area contributed by atoms with Gasteiger partial charge in [0.25, 0.3) is 5.56 Å². The summed E-state index contributed by atoms with van der Waals surface area (Å²) in [7, 11) is 0. The molecule has 0 aliphatic carbocycles. The number of aryl methyl sites for hydroxylation is 2. The minimum atomic E-state index is -0.516. The number of phenolic OH excluding ortho intramolecular Hbond substituents is 1. The number of aromatic hydroxyl groups is 1. The van der Waals surface area contributed by atoms with Gasteiger partial charge >= 0.3 is 5.69 Å². The molecule has 0 bridgehead atoms. The summed E-state index contributed by atoms with van der Waals surface area (Å²) >= 11 is 0. The fourth-order valence-corrected chi connectivity index (χ4v) is 2.72. The van der Waals surface area contributed by atoms with Gasteiger partial charge in [0.15, 0.2) is 0 Å². The van der Waals surface area contributed by atoms with Crippen LogP contribution >= 0.6 is 0 Å². The molecule has 3 rings (SSSR count). The van der Waals surface area contributed by atoms with E-state index in [1.165, 1.54) is 0 Å². The van der Waals surface area contributed by atoms with Crippen LogP contribution in [0.4, 0.5) is 0 Å². The van der Waals surface area contributed by atoms with Crippen LogP contribution in [0.1, 0.15) is 11.1 Å². The Balaban J connectivity index is 2.32. The van der Waals surface area contributed by atoms with Crippen molar-refractivity contribution in [1.29, 1.82) is 0 Å². The van der Waals surface area contributed by atoms with Gasteiger partial charge in [-0.25, -0.2) is 4.79 Å². The van der Waals surface area contributed by atoms with Gasteiger partial charge in [0.2, 0.25) is 0 Å². The molecule has 0 aliphatic rings. The maximum atomic E-state index is 11.9. The van der Waals surface area contributed by atoms with Gasteiger partial charge < -0.3 is 10.1 Å². The smallest absolute Gasteiger partial charge is 0.326 e. The first-order valence-corrected chi connectivity index (χ1v) is 6.52. The lowest BCUT2D eigenvalue weighted by Crippen LogP contribution is -2.21. The predicted molar refractivity (Wildman–Crippen MR) is 81.8 cm³/mol. The van der Waals surface area contributed by atoms with Gasteiger partial charge in [-0.05, 0) is 60.4 Å². The summed E-state index contributed by atoms with van der Waals surface area (Å²) in [6.07, 6.45) is 0. The molecule has 5 heteroatoms. The zero-order valence-electron chi connectivity index (χ0n) is 11.7. The molecule has 1 aromatic heterocycles. The number of rotatable bonds is 1. The molecule has 0 saturated heterocycles. The number of benzene rings is 2. The number of hydrogen-bond acceptors (Lipinski definition) is 3. The molecule has 0 atom stereocenters.